The molecule has 114 valence electrons. The van der Waals surface area contributed by atoms with Gasteiger partial charge >= 0.3 is 12.0 Å². The van der Waals surface area contributed by atoms with Crippen LogP contribution in [0, 0.1) is 5.92 Å². The quantitative estimate of drug-likeness (QED) is 0.775. The van der Waals surface area contributed by atoms with E-state index >= 15 is 0 Å². The molecule has 0 unspecified atom stereocenters. The maximum Gasteiger partial charge on any atom is 0.335 e. The van der Waals surface area contributed by atoms with Gasteiger partial charge in [0.2, 0.25) is 0 Å². The highest BCUT2D eigenvalue weighted by Gasteiger charge is 2.15. The molecule has 0 aliphatic heterocycles. The Labute approximate surface area is 128 Å². The maximum absolute atomic E-state index is 11.8. The summed E-state index contributed by atoms with van der Waals surface area (Å²) in [6.45, 7) is 0.640. The third-order valence-electron chi connectivity index (χ3n) is 3.78. The molecule has 2 rings (SSSR count). The number of benzene rings is 1. The third kappa shape index (κ3) is 4.63. The maximum atomic E-state index is 11.8. The van der Waals surface area contributed by atoms with E-state index in [1.54, 1.807) is 0 Å². The standard InChI is InChI=1S/C15H19ClN2O3/c16-12-9-11(14(19)20)5-6-13(12)18-15(21)17-8-7-10-3-1-2-4-10/h5-6,9-10H,1-4,7-8H2,(H,19,20)(H2,17,18,21). The fourth-order valence-electron chi connectivity index (χ4n) is 2.60. The van der Waals surface area contributed by atoms with Gasteiger partial charge in [-0.2, -0.15) is 0 Å². The van der Waals surface area contributed by atoms with Crippen LogP contribution in [0.3, 0.4) is 0 Å². The van der Waals surface area contributed by atoms with Crippen LogP contribution in [0.25, 0.3) is 0 Å². The van der Waals surface area contributed by atoms with Crippen molar-refractivity contribution in [3.05, 3.63) is 28.8 Å². The van der Waals surface area contributed by atoms with Gasteiger partial charge in [0.1, 0.15) is 0 Å². The van der Waals surface area contributed by atoms with Crippen molar-refractivity contribution in [2.75, 3.05) is 11.9 Å². The van der Waals surface area contributed by atoms with Gasteiger partial charge in [0.05, 0.1) is 16.3 Å². The molecule has 5 nitrogen and oxygen atoms in total. The summed E-state index contributed by atoms with van der Waals surface area (Å²) in [6.07, 6.45) is 6.10. The van der Waals surface area contributed by atoms with E-state index in [0.717, 1.165) is 12.3 Å². The van der Waals surface area contributed by atoms with Crippen molar-refractivity contribution >= 4 is 29.3 Å². The molecular weight excluding hydrogens is 292 g/mol. The zero-order valence-corrected chi connectivity index (χ0v) is 12.4. The van der Waals surface area contributed by atoms with Crippen molar-refractivity contribution in [3.63, 3.8) is 0 Å². The highest BCUT2D eigenvalue weighted by Crippen LogP contribution is 2.27. The molecule has 2 amide bonds. The van der Waals surface area contributed by atoms with Gasteiger partial charge in [-0.25, -0.2) is 9.59 Å². The molecule has 1 aromatic rings. The van der Waals surface area contributed by atoms with Gasteiger partial charge in [-0.3, -0.25) is 0 Å². The van der Waals surface area contributed by atoms with Gasteiger partial charge < -0.3 is 15.7 Å². The fourth-order valence-corrected chi connectivity index (χ4v) is 2.83. The molecule has 0 aromatic heterocycles. The molecule has 1 aromatic carbocycles. The van der Waals surface area contributed by atoms with Crippen molar-refractivity contribution in [1.29, 1.82) is 0 Å². The summed E-state index contributed by atoms with van der Waals surface area (Å²) in [5, 5.41) is 14.5. The van der Waals surface area contributed by atoms with E-state index in [-0.39, 0.29) is 16.6 Å². The topological polar surface area (TPSA) is 78.4 Å². The minimum atomic E-state index is -1.05. The lowest BCUT2D eigenvalue weighted by molar-refractivity contribution is 0.0697. The summed E-state index contributed by atoms with van der Waals surface area (Å²) < 4.78 is 0. The van der Waals surface area contributed by atoms with Gasteiger partial charge in [0.15, 0.2) is 0 Å². The van der Waals surface area contributed by atoms with Gasteiger partial charge in [0.25, 0.3) is 0 Å². The SMILES string of the molecule is O=C(NCCC1CCCC1)Nc1ccc(C(=O)O)cc1Cl. The lowest BCUT2D eigenvalue weighted by atomic mass is 10.0. The molecule has 1 saturated carbocycles. The lowest BCUT2D eigenvalue weighted by Crippen LogP contribution is -2.30. The number of hydrogen-bond acceptors (Lipinski definition) is 2. The van der Waals surface area contributed by atoms with Gasteiger partial charge in [-0.05, 0) is 30.5 Å². The summed E-state index contributed by atoms with van der Waals surface area (Å²) in [4.78, 5) is 22.6. The number of amides is 2. The van der Waals surface area contributed by atoms with Gasteiger partial charge in [-0.1, -0.05) is 37.3 Å². The Morgan fingerprint density at radius 1 is 1.29 bits per heavy atom. The van der Waals surface area contributed by atoms with Crippen LogP contribution in [-0.2, 0) is 0 Å². The van der Waals surface area contributed by atoms with E-state index in [0.29, 0.717) is 12.2 Å². The first-order valence-corrected chi connectivity index (χ1v) is 7.52. The molecule has 0 bridgehead atoms. The number of nitrogens with one attached hydrogen (secondary N) is 2. The molecular formula is C15H19ClN2O3. The number of carbonyl (C=O) groups excluding carboxylic acids is 1. The fraction of sp³-hybridized carbons (Fsp3) is 0.467. The molecule has 0 spiro atoms. The minimum Gasteiger partial charge on any atom is -0.478 e. The van der Waals surface area contributed by atoms with Crippen LogP contribution >= 0.6 is 11.6 Å². The summed E-state index contributed by atoms with van der Waals surface area (Å²) in [7, 11) is 0. The number of hydrogen-bond donors (Lipinski definition) is 3. The first-order valence-electron chi connectivity index (χ1n) is 7.14. The van der Waals surface area contributed by atoms with Gasteiger partial charge in [0, 0.05) is 6.54 Å². The number of rotatable bonds is 5. The average Bonchev–Trinajstić information content (AvgIpc) is 2.94. The summed E-state index contributed by atoms with van der Waals surface area (Å²) in [5.74, 6) is -0.326. The molecule has 0 heterocycles. The van der Waals surface area contributed by atoms with Crippen LogP contribution in [0.15, 0.2) is 18.2 Å². The van der Waals surface area contributed by atoms with Crippen LogP contribution in [0.1, 0.15) is 42.5 Å². The summed E-state index contributed by atoms with van der Waals surface area (Å²) >= 11 is 5.95. The lowest BCUT2D eigenvalue weighted by Gasteiger charge is -2.11. The predicted octanol–water partition coefficient (Wildman–Crippen LogP) is 3.74. The highest BCUT2D eigenvalue weighted by atomic mass is 35.5. The monoisotopic (exact) mass is 310 g/mol. The second-order valence-corrected chi connectivity index (χ2v) is 5.73. The Morgan fingerprint density at radius 3 is 2.62 bits per heavy atom. The van der Waals surface area contributed by atoms with Crippen LogP contribution in [-0.4, -0.2) is 23.7 Å². The molecule has 1 fully saturated rings. The number of carboxylic acid groups (broad SMARTS) is 1. The number of aromatic carboxylic acids is 1. The zero-order valence-electron chi connectivity index (χ0n) is 11.7. The Kier molecular flexibility index (Phi) is 5.44. The van der Waals surface area contributed by atoms with Gasteiger partial charge in [-0.15, -0.1) is 0 Å². The molecule has 0 radical (unpaired) electrons. The van der Waals surface area contributed by atoms with Crippen molar-refractivity contribution in [1.82, 2.24) is 5.32 Å². The number of carboxylic acids is 1. The normalized spacial score (nSPS) is 14.9. The van der Waals surface area contributed by atoms with E-state index in [1.807, 2.05) is 0 Å². The molecule has 1 aliphatic carbocycles. The Hall–Kier alpha value is -1.75. The smallest absolute Gasteiger partial charge is 0.335 e. The molecule has 0 saturated heterocycles. The van der Waals surface area contributed by atoms with E-state index in [4.69, 9.17) is 16.7 Å². The third-order valence-corrected chi connectivity index (χ3v) is 4.09. The van der Waals surface area contributed by atoms with Crippen LogP contribution in [0.5, 0.6) is 0 Å². The van der Waals surface area contributed by atoms with Crippen LogP contribution in [0.2, 0.25) is 5.02 Å². The molecule has 3 N–H and O–H groups in total. The Bertz CT molecular complexity index is 528. The Morgan fingerprint density at radius 2 is 2.00 bits per heavy atom. The molecule has 21 heavy (non-hydrogen) atoms. The zero-order chi connectivity index (χ0) is 15.2. The Balaban J connectivity index is 1.80. The average molecular weight is 311 g/mol. The first kappa shape index (κ1) is 15.6. The van der Waals surface area contributed by atoms with E-state index < -0.39 is 5.97 Å². The number of urea groups is 1. The second kappa shape index (κ2) is 7.31. The van der Waals surface area contributed by atoms with Crippen molar-refractivity contribution in [2.24, 2.45) is 5.92 Å². The number of anilines is 1. The molecule has 1 aliphatic rings. The van der Waals surface area contributed by atoms with E-state index in [9.17, 15) is 9.59 Å². The highest BCUT2D eigenvalue weighted by molar-refractivity contribution is 6.34. The van der Waals surface area contributed by atoms with Crippen LogP contribution in [0.4, 0.5) is 10.5 Å². The molecule has 0 atom stereocenters. The number of halogens is 1. The van der Waals surface area contributed by atoms with Crippen molar-refractivity contribution in [2.45, 2.75) is 32.1 Å². The molecule has 6 heteroatoms. The van der Waals surface area contributed by atoms with Crippen molar-refractivity contribution < 1.29 is 14.7 Å². The van der Waals surface area contributed by atoms with E-state index in [1.165, 1.54) is 43.9 Å². The summed E-state index contributed by atoms with van der Waals surface area (Å²) in [5.41, 5.74) is 0.493. The minimum absolute atomic E-state index is 0.0900. The first-order chi connectivity index (χ1) is 10.1. The van der Waals surface area contributed by atoms with Crippen molar-refractivity contribution in [3.8, 4) is 0 Å². The van der Waals surface area contributed by atoms with E-state index in [2.05, 4.69) is 10.6 Å². The number of carbonyl (C=O) groups is 2. The van der Waals surface area contributed by atoms with Crippen LogP contribution < -0.4 is 10.6 Å². The largest absolute Gasteiger partial charge is 0.478 e. The second-order valence-electron chi connectivity index (χ2n) is 5.32. The summed E-state index contributed by atoms with van der Waals surface area (Å²) in [6, 6.07) is 3.89. The predicted molar refractivity (Wildman–Crippen MR) is 82.0 cm³/mol.